The van der Waals surface area contributed by atoms with Gasteiger partial charge >= 0.3 is 51.4 Å². The van der Waals surface area contributed by atoms with E-state index in [0.717, 1.165) is 11.5 Å². The van der Waals surface area contributed by atoms with E-state index in [9.17, 15) is 0 Å². The van der Waals surface area contributed by atoms with Crippen LogP contribution < -0.4 is 11.5 Å². The average Bonchev–Trinajstić information content (AvgIpc) is 1.79. The summed E-state index contributed by atoms with van der Waals surface area (Å²) in [6, 6.07) is 0. The first kappa shape index (κ1) is 15.6. The van der Waals surface area contributed by atoms with Gasteiger partial charge in [-0.25, -0.2) is 0 Å². The van der Waals surface area contributed by atoms with Crippen LogP contribution in [-0.4, -0.2) is 71.5 Å². The molecule has 0 aliphatic rings. The maximum absolute atomic E-state index is 5.23. The van der Waals surface area contributed by atoms with Gasteiger partial charge in [0.05, 0.1) is 0 Å². The van der Waals surface area contributed by atoms with Gasteiger partial charge in [-0.1, -0.05) is 48.0 Å². The summed E-state index contributed by atoms with van der Waals surface area (Å²) in [6.07, 6.45) is 0. The molecule has 0 amide bonds. The van der Waals surface area contributed by atoms with E-state index in [1.165, 1.54) is 23.5 Å². The minimum absolute atomic E-state index is 0. The van der Waals surface area contributed by atoms with Crippen molar-refractivity contribution in [1.82, 2.24) is 0 Å². The summed E-state index contributed by atoms with van der Waals surface area (Å²) in [5.41, 5.74) is 10.5. The van der Waals surface area contributed by atoms with Crippen molar-refractivity contribution in [3.63, 3.8) is 0 Å². The molecule has 0 saturated heterocycles. The second kappa shape index (κ2) is 10.2. The molecule has 60 valence electrons. The van der Waals surface area contributed by atoms with Gasteiger partial charge in [0.15, 0.2) is 0 Å². The molecule has 0 atom stereocenters. The third-order valence-corrected chi connectivity index (χ3v) is 2.92. The molecule has 0 fully saturated rings. The Labute approximate surface area is 128 Å². The van der Waals surface area contributed by atoms with Crippen molar-refractivity contribution in [2.75, 3.05) is 11.5 Å². The molecule has 0 radical (unpaired) electrons. The standard InChI is InChI=1S/C4H8N2S4.K.H/c5-3(7)9-1-2-10-4(6)8;;/h1-2H2,(H2,5,7)(H2,6,8);;. The van der Waals surface area contributed by atoms with Crippen LogP contribution >= 0.6 is 48.0 Å². The molecule has 0 aliphatic heterocycles. The first-order valence-electron chi connectivity index (χ1n) is 2.47. The van der Waals surface area contributed by atoms with E-state index in [1.807, 2.05) is 0 Å². The Morgan fingerprint density at radius 2 is 1.27 bits per heavy atom. The van der Waals surface area contributed by atoms with Crippen molar-refractivity contribution in [3.8, 4) is 0 Å². The molecule has 0 saturated carbocycles. The van der Waals surface area contributed by atoms with E-state index >= 15 is 0 Å². The van der Waals surface area contributed by atoms with Crippen molar-refractivity contribution in [2.45, 2.75) is 0 Å². The molecule has 4 N–H and O–H groups in total. The van der Waals surface area contributed by atoms with Gasteiger partial charge in [0.2, 0.25) is 0 Å². The van der Waals surface area contributed by atoms with Crippen LogP contribution in [0.1, 0.15) is 0 Å². The number of hydrogen-bond acceptors (Lipinski definition) is 4. The Hall–Kier alpha value is 2.12. The monoisotopic (exact) mass is 252 g/mol. The van der Waals surface area contributed by atoms with Crippen molar-refractivity contribution < 1.29 is 0 Å². The molecule has 0 bridgehead atoms. The topological polar surface area (TPSA) is 52.0 Å². The van der Waals surface area contributed by atoms with Gasteiger partial charge in [-0.3, -0.25) is 0 Å². The zero-order chi connectivity index (χ0) is 7.98. The summed E-state index contributed by atoms with van der Waals surface area (Å²) in [4.78, 5) is 0. The quantitative estimate of drug-likeness (QED) is 0.428. The van der Waals surface area contributed by atoms with Gasteiger partial charge in [-0.2, -0.15) is 0 Å². The fraction of sp³-hybridized carbons (Fsp3) is 0.500. The fourth-order valence-corrected chi connectivity index (χ4v) is 1.85. The number of rotatable bonds is 3. The van der Waals surface area contributed by atoms with Crippen LogP contribution in [-0.2, 0) is 0 Å². The van der Waals surface area contributed by atoms with Crippen molar-refractivity contribution in [3.05, 3.63) is 0 Å². The van der Waals surface area contributed by atoms with Crippen molar-refractivity contribution in [1.29, 1.82) is 0 Å². The van der Waals surface area contributed by atoms with E-state index in [0.29, 0.717) is 8.64 Å². The van der Waals surface area contributed by atoms with Crippen LogP contribution in [0.15, 0.2) is 0 Å². The Bertz CT molecular complexity index is 124. The first-order valence-corrected chi connectivity index (χ1v) is 5.26. The van der Waals surface area contributed by atoms with Gasteiger partial charge in [0.25, 0.3) is 0 Å². The van der Waals surface area contributed by atoms with Gasteiger partial charge in [-0.15, -0.1) is 0 Å². The molecule has 2 nitrogen and oxygen atoms in total. The molecule has 0 rings (SSSR count). The summed E-state index contributed by atoms with van der Waals surface area (Å²) in [7, 11) is 0. The normalized spacial score (nSPS) is 8.36. The van der Waals surface area contributed by atoms with Gasteiger partial charge in [0.1, 0.15) is 8.64 Å². The van der Waals surface area contributed by atoms with Crippen LogP contribution in [0, 0.1) is 0 Å². The SMILES string of the molecule is NC(=S)SCCSC(N)=S.[KH]. The molecular formula is C4H9KN2S4. The third kappa shape index (κ3) is 14.9. The maximum atomic E-state index is 5.23. The minimum atomic E-state index is 0. The Morgan fingerprint density at radius 3 is 1.45 bits per heavy atom. The summed E-state index contributed by atoms with van der Waals surface area (Å²) in [6.45, 7) is 0. The second-order valence-corrected chi connectivity index (χ2v) is 5.00. The predicted octanol–water partition coefficient (Wildman–Crippen LogP) is 0.292. The summed E-state index contributed by atoms with van der Waals surface area (Å²) in [5, 5.41) is 0. The first-order chi connectivity index (χ1) is 4.63. The Balaban J connectivity index is 0. The third-order valence-electron chi connectivity index (χ3n) is 0.572. The number of thiocarbonyl (C=S) groups is 2. The molecule has 7 heteroatoms. The van der Waals surface area contributed by atoms with E-state index in [-0.39, 0.29) is 51.4 Å². The molecule has 0 aromatic heterocycles. The summed E-state index contributed by atoms with van der Waals surface area (Å²) >= 11 is 12.2. The van der Waals surface area contributed by atoms with Crippen LogP contribution in [0.4, 0.5) is 0 Å². The van der Waals surface area contributed by atoms with Crippen LogP contribution in [0.5, 0.6) is 0 Å². The van der Waals surface area contributed by atoms with Crippen LogP contribution in [0.2, 0.25) is 0 Å². The molecule has 0 heterocycles. The molecule has 11 heavy (non-hydrogen) atoms. The Morgan fingerprint density at radius 1 is 1.00 bits per heavy atom. The number of thioether (sulfide) groups is 2. The average molecular weight is 252 g/mol. The van der Waals surface area contributed by atoms with Gasteiger partial charge in [-0.05, 0) is 0 Å². The second-order valence-electron chi connectivity index (χ2n) is 1.33. The van der Waals surface area contributed by atoms with E-state index in [4.69, 9.17) is 11.5 Å². The van der Waals surface area contributed by atoms with E-state index < -0.39 is 0 Å². The molecule has 0 aromatic rings. The number of hydrogen-bond donors (Lipinski definition) is 2. The summed E-state index contributed by atoms with van der Waals surface area (Å²) in [5.74, 6) is 1.74. The van der Waals surface area contributed by atoms with Crippen LogP contribution in [0.3, 0.4) is 0 Å². The molecular weight excluding hydrogens is 243 g/mol. The summed E-state index contributed by atoms with van der Waals surface area (Å²) < 4.78 is 0.951. The zero-order valence-electron chi connectivity index (χ0n) is 5.20. The van der Waals surface area contributed by atoms with E-state index in [1.54, 1.807) is 0 Å². The number of nitrogens with two attached hydrogens (primary N) is 2. The Kier molecular flexibility index (Phi) is 14.4. The van der Waals surface area contributed by atoms with Gasteiger partial charge < -0.3 is 11.5 Å². The fourth-order valence-electron chi connectivity index (χ4n) is 0.285. The zero-order valence-corrected chi connectivity index (χ0v) is 8.47. The van der Waals surface area contributed by atoms with Crippen molar-refractivity contribution in [2.24, 2.45) is 11.5 Å². The molecule has 0 spiro atoms. The van der Waals surface area contributed by atoms with Gasteiger partial charge in [0, 0.05) is 11.5 Å². The predicted molar refractivity (Wildman–Crippen MR) is 65.6 cm³/mol. The molecule has 0 aromatic carbocycles. The molecule has 0 aliphatic carbocycles. The van der Waals surface area contributed by atoms with Crippen molar-refractivity contribution >= 4 is 108 Å². The van der Waals surface area contributed by atoms with Crippen LogP contribution in [0.25, 0.3) is 0 Å². The molecule has 0 unspecified atom stereocenters. The van der Waals surface area contributed by atoms with E-state index in [2.05, 4.69) is 24.4 Å².